The van der Waals surface area contributed by atoms with Crippen molar-refractivity contribution in [2.24, 2.45) is 0 Å². The van der Waals surface area contributed by atoms with Crippen LogP contribution in [0.2, 0.25) is 0 Å². The van der Waals surface area contributed by atoms with E-state index in [-0.39, 0.29) is 47.0 Å². The van der Waals surface area contributed by atoms with Crippen molar-refractivity contribution in [3.63, 3.8) is 0 Å². The molecule has 0 bridgehead atoms. The number of benzene rings is 1. The number of aliphatic carboxylic acids is 1. The normalized spacial score (nSPS) is 21.3. The number of hydrogen-bond acceptors (Lipinski definition) is 17. The minimum Gasteiger partial charge on any atom is -0.481 e. The highest BCUT2D eigenvalue weighted by molar-refractivity contribution is 5.96. The van der Waals surface area contributed by atoms with E-state index in [1.807, 2.05) is 0 Å². The summed E-state index contributed by atoms with van der Waals surface area (Å²) >= 11 is 0. The van der Waals surface area contributed by atoms with Gasteiger partial charge in [0.05, 0.1) is 40.6 Å². The zero-order chi connectivity index (χ0) is 31.3. The van der Waals surface area contributed by atoms with Crippen molar-refractivity contribution >= 4 is 11.9 Å². The van der Waals surface area contributed by atoms with Crippen LogP contribution >= 0.6 is 0 Å². The molecule has 43 heavy (non-hydrogen) atoms. The maximum atomic E-state index is 13.6. The zero-order valence-electron chi connectivity index (χ0n) is 22.9. The van der Waals surface area contributed by atoms with Crippen molar-refractivity contribution in [3.05, 3.63) is 35.9 Å². The minimum absolute atomic E-state index is 0.0567. The van der Waals surface area contributed by atoms with Crippen LogP contribution in [0.4, 0.5) is 0 Å². The molecule has 1 aliphatic heterocycles. The molecular weight excluding hydrogens is 580 g/mol. The van der Waals surface area contributed by atoms with Gasteiger partial charge < -0.3 is 58.3 Å². The van der Waals surface area contributed by atoms with Crippen molar-refractivity contribution in [2.45, 2.75) is 30.7 Å². The van der Waals surface area contributed by atoms with Gasteiger partial charge in [-0.1, -0.05) is 6.07 Å². The first-order chi connectivity index (χ1) is 20.6. The molecule has 0 amide bonds. The van der Waals surface area contributed by atoms with Gasteiger partial charge in [0, 0.05) is 0 Å². The number of carboxylic acid groups (broad SMARTS) is 1. The predicted molar refractivity (Wildman–Crippen MR) is 137 cm³/mol. The van der Waals surface area contributed by atoms with Crippen LogP contribution in [-0.2, 0) is 14.3 Å². The summed E-state index contributed by atoms with van der Waals surface area (Å²) in [5.74, 6) is -3.29. The highest BCUT2D eigenvalue weighted by Gasteiger charge is 2.49. The summed E-state index contributed by atoms with van der Waals surface area (Å²) < 4.78 is 42.3. The lowest BCUT2D eigenvalue weighted by Gasteiger charge is -2.38. The Hall–Kier alpha value is -5.04. The van der Waals surface area contributed by atoms with Crippen molar-refractivity contribution < 1.29 is 67.9 Å². The summed E-state index contributed by atoms with van der Waals surface area (Å²) in [5.41, 5.74) is -0.471. The summed E-state index contributed by atoms with van der Waals surface area (Å²) in [7, 11) is 5.37. The SMILES string of the molecule is COc1cc(OC)nc(Oc2cccc(Oc3nc(OC)cc(OC)n3)c2C(=O)O[C@@H]2O[C@H](C(=O)O)[C@@H](O)[C@H](O)[C@H]2O)n1. The number of carbonyl (C=O) groups excluding carboxylic acids is 1. The molecule has 18 nitrogen and oxygen atoms in total. The lowest BCUT2D eigenvalue weighted by atomic mass is 9.99. The second-order valence-corrected chi connectivity index (χ2v) is 8.44. The maximum absolute atomic E-state index is 13.6. The van der Waals surface area contributed by atoms with Crippen LogP contribution in [0.5, 0.6) is 47.0 Å². The number of aliphatic hydroxyl groups is 3. The number of aromatic nitrogens is 4. The first kappa shape index (κ1) is 30.9. The van der Waals surface area contributed by atoms with E-state index < -0.39 is 48.2 Å². The summed E-state index contributed by atoms with van der Waals surface area (Å²) in [6, 6.07) is 6.11. The minimum atomic E-state index is -2.05. The highest BCUT2D eigenvalue weighted by Crippen LogP contribution is 2.36. The number of ether oxygens (including phenoxy) is 8. The van der Waals surface area contributed by atoms with Crippen LogP contribution in [-0.4, -0.2) is 111 Å². The van der Waals surface area contributed by atoms with Crippen molar-refractivity contribution in [1.29, 1.82) is 0 Å². The van der Waals surface area contributed by atoms with Crippen molar-refractivity contribution in [2.75, 3.05) is 28.4 Å². The number of carbonyl (C=O) groups is 2. The molecule has 2 aromatic heterocycles. The van der Waals surface area contributed by atoms with Gasteiger partial charge in [0.25, 0.3) is 0 Å². The van der Waals surface area contributed by atoms with Gasteiger partial charge >= 0.3 is 24.0 Å². The smallest absolute Gasteiger partial charge is 0.348 e. The molecule has 1 saturated heterocycles. The predicted octanol–water partition coefficient (Wildman–Crippen LogP) is -0.0654. The molecule has 230 valence electrons. The topological polar surface area (TPSA) is 240 Å². The number of nitrogens with zero attached hydrogens (tertiary/aromatic N) is 4. The van der Waals surface area contributed by atoms with Crippen LogP contribution in [0.15, 0.2) is 30.3 Å². The molecule has 0 saturated carbocycles. The average molecular weight is 606 g/mol. The number of methoxy groups -OCH3 is 4. The van der Waals surface area contributed by atoms with Gasteiger partial charge in [-0.15, -0.1) is 0 Å². The molecule has 0 spiro atoms. The van der Waals surface area contributed by atoms with E-state index in [1.54, 1.807) is 0 Å². The van der Waals surface area contributed by atoms with E-state index in [0.717, 1.165) is 0 Å². The quantitative estimate of drug-likeness (QED) is 0.209. The zero-order valence-corrected chi connectivity index (χ0v) is 22.9. The number of rotatable bonds is 11. The lowest BCUT2D eigenvalue weighted by Crippen LogP contribution is -2.60. The van der Waals surface area contributed by atoms with E-state index in [1.165, 1.54) is 58.8 Å². The van der Waals surface area contributed by atoms with E-state index in [0.29, 0.717) is 0 Å². The summed E-state index contributed by atoms with van der Waals surface area (Å²) in [6.07, 6.45) is -10.2. The van der Waals surface area contributed by atoms with Gasteiger partial charge in [0.2, 0.25) is 29.8 Å². The molecule has 4 N–H and O–H groups in total. The van der Waals surface area contributed by atoms with Crippen LogP contribution in [0.1, 0.15) is 10.4 Å². The fourth-order valence-corrected chi connectivity index (χ4v) is 3.67. The third-order valence-electron chi connectivity index (χ3n) is 5.78. The molecule has 18 heteroatoms. The maximum Gasteiger partial charge on any atom is 0.348 e. The molecule has 0 unspecified atom stereocenters. The standard InChI is InChI=1S/C25H26N4O14/c1-36-12-8-13(37-2)27-24(26-12)40-10-6-5-7-11(41-25-28-14(38-3)9-15(29-25)39-4)16(10)22(35)43-23-19(32)17(30)18(31)20(42-23)21(33)34/h5-9,17-20,23,30-32H,1-4H3,(H,33,34)/t17-,18-,19+,20-,23-/m0/s1. The first-order valence-corrected chi connectivity index (χ1v) is 12.1. The number of hydrogen-bond donors (Lipinski definition) is 4. The van der Waals surface area contributed by atoms with Crippen molar-refractivity contribution in [1.82, 2.24) is 19.9 Å². The molecule has 0 aliphatic carbocycles. The average Bonchev–Trinajstić information content (AvgIpc) is 3.00. The molecule has 3 heterocycles. The number of carboxylic acids is 1. The van der Waals surface area contributed by atoms with E-state index >= 15 is 0 Å². The Balaban J connectivity index is 1.76. The lowest BCUT2D eigenvalue weighted by molar-refractivity contribution is -0.278. The Morgan fingerprint density at radius 1 is 0.721 bits per heavy atom. The fourth-order valence-electron chi connectivity index (χ4n) is 3.67. The van der Waals surface area contributed by atoms with E-state index in [9.17, 15) is 30.0 Å². The second-order valence-electron chi connectivity index (χ2n) is 8.44. The highest BCUT2D eigenvalue weighted by atomic mass is 16.7. The largest absolute Gasteiger partial charge is 0.481 e. The second kappa shape index (κ2) is 13.3. The van der Waals surface area contributed by atoms with Gasteiger partial charge in [0.15, 0.2) is 6.10 Å². The van der Waals surface area contributed by atoms with Gasteiger partial charge in [-0.2, -0.15) is 19.9 Å². The molecule has 3 aromatic rings. The Kier molecular flexibility index (Phi) is 9.56. The van der Waals surface area contributed by atoms with Crippen molar-refractivity contribution in [3.8, 4) is 47.0 Å². The third kappa shape index (κ3) is 6.89. The summed E-state index contributed by atoms with van der Waals surface area (Å²) in [6.45, 7) is 0. The fraction of sp³-hybridized carbons (Fsp3) is 0.360. The van der Waals surface area contributed by atoms with Gasteiger partial charge in [-0.05, 0) is 12.1 Å². The Morgan fingerprint density at radius 2 is 1.16 bits per heavy atom. The molecule has 1 aliphatic rings. The summed E-state index contributed by atoms with van der Waals surface area (Å²) in [4.78, 5) is 41.3. The summed E-state index contributed by atoms with van der Waals surface area (Å²) in [5, 5.41) is 39.8. The van der Waals surface area contributed by atoms with E-state index in [2.05, 4.69) is 19.9 Å². The number of esters is 1. The Labute approximate surface area is 242 Å². The molecule has 0 radical (unpaired) electrons. The Morgan fingerprint density at radius 3 is 1.56 bits per heavy atom. The van der Waals surface area contributed by atoms with Crippen LogP contribution in [0, 0.1) is 0 Å². The third-order valence-corrected chi connectivity index (χ3v) is 5.78. The molecular formula is C25H26N4O14. The van der Waals surface area contributed by atoms with E-state index in [4.69, 9.17) is 37.9 Å². The first-order valence-electron chi connectivity index (χ1n) is 12.1. The van der Waals surface area contributed by atoms with Gasteiger partial charge in [-0.3, -0.25) is 0 Å². The Bertz CT molecular complexity index is 1350. The monoisotopic (exact) mass is 606 g/mol. The molecule has 1 fully saturated rings. The van der Waals surface area contributed by atoms with Gasteiger partial charge in [-0.25, -0.2) is 9.59 Å². The molecule has 5 atom stereocenters. The molecule has 4 rings (SSSR count). The molecule has 1 aromatic carbocycles. The van der Waals surface area contributed by atoms with Crippen LogP contribution < -0.4 is 28.4 Å². The van der Waals surface area contributed by atoms with Crippen LogP contribution in [0.3, 0.4) is 0 Å². The number of aliphatic hydroxyl groups excluding tert-OH is 3. The van der Waals surface area contributed by atoms with Crippen LogP contribution in [0.25, 0.3) is 0 Å². The van der Waals surface area contributed by atoms with Gasteiger partial charge in [0.1, 0.15) is 35.4 Å².